The van der Waals surface area contributed by atoms with Crippen molar-refractivity contribution in [2.45, 2.75) is 31.9 Å². The molecule has 2 aromatic carbocycles. The summed E-state index contributed by atoms with van der Waals surface area (Å²) in [6.45, 7) is 3.31. The number of nitrogen functional groups attached to an aromatic ring is 1. The van der Waals surface area contributed by atoms with Gasteiger partial charge in [0.1, 0.15) is 16.7 Å². The number of amides is 3. The van der Waals surface area contributed by atoms with Crippen LogP contribution in [-0.4, -0.2) is 62.1 Å². The highest BCUT2D eigenvalue weighted by molar-refractivity contribution is 7.09. The van der Waals surface area contributed by atoms with Crippen LogP contribution in [0, 0.1) is 0 Å². The SMILES string of the molecule is CCOc1ccc(N(C(=O)c2snc(C(N)=O)c2N)C(C(=O)NCC2CCCO2)c2ccc(N(C)C)cc2)cc1. The van der Waals surface area contributed by atoms with E-state index in [0.717, 1.165) is 30.1 Å². The molecular weight excluding hydrogens is 532 g/mol. The first-order chi connectivity index (χ1) is 19.2. The van der Waals surface area contributed by atoms with E-state index in [2.05, 4.69) is 9.69 Å². The van der Waals surface area contributed by atoms with Crippen molar-refractivity contribution in [1.82, 2.24) is 9.69 Å². The molecule has 2 atom stereocenters. The molecular formula is C28H34N6O5S. The van der Waals surface area contributed by atoms with Crippen LogP contribution >= 0.6 is 11.5 Å². The third-order valence-corrected chi connectivity index (χ3v) is 7.41. The van der Waals surface area contributed by atoms with E-state index < -0.39 is 23.8 Å². The summed E-state index contributed by atoms with van der Waals surface area (Å²) in [4.78, 5) is 43.2. The first kappa shape index (κ1) is 28.8. The molecule has 40 heavy (non-hydrogen) atoms. The van der Waals surface area contributed by atoms with Crippen molar-refractivity contribution in [3.8, 4) is 5.75 Å². The molecule has 1 saturated heterocycles. The number of aromatic nitrogens is 1. The molecule has 212 valence electrons. The fraction of sp³-hybridized carbons (Fsp3) is 0.357. The molecule has 5 N–H and O–H groups in total. The Bertz CT molecular complexity index is 1340. The number of rotatable bonds is 11. The van der Waals surface area contributed by atoms with Gasteiger partial charge in [-0.3, -0.25) is 19.3 Å². The van der Waals surface area contributed by atoms with Crippen LogP contribution in [0.15, 0.2) is 48.5 Å². The van der Waals surface area contributed by atoms with Crippen molar-refractivity contribution < 1.29 is 23.9 Å². The van der Waals surface area contributed by atoms with E-state index in [1.807, 2.05) is 50.2 Å². The largest absolute Gasteiger partial charge is 0.494 e. The molecule has 12 heteroatoms. The Labute approximate surface area is 237 Å². The Hall–Kier alpha value is -4.16. The molecule has 4 rings (SSSR count). The van der Waals surface area contributed by atoms with Crippen LogP contribution in [0.1, 0.15) is 51.5 Å². The van der Waals surface area contributed by atoms with Gasteiger partial charge < -0.3 is 31.2 Å². The van der Waals surface area contributed by atoms with Crippen molar-refractivity contribution in [1.29, 1.82) is 0 Å². The van der Waals surface area contributed by atoms with E-state index >= 15 is 0 Å². The maximum atomic E-state index is 14.2. The lowest BCUT2D eigenvalue weighted by Crippen LogP contribution is -2.45. The molecule has 0 bridgehead atoms. The van der Waals surface area contributed by atoms with Gasteiger partial charge in [0.05, 0.1) is 18.4 Å². The highest BCUT2D eigenvalue weighted by Gasteiger charge is 2.36. The fourth-order valence-electron chi connectivity index (χ4n) is 4.48. The predicted octanol–water partition coefficient (Wildman–Crippen LogP) is 2.97. The van der Waals surface area contributed by atoms with E-state index in [0.29, 0.717) is 36.8 Å². The van der Waals surface area contributed by atoms with Crippen LogP contribution in [0.3, 0.4) is 0 Å². The van der Waals surface area contributed by atoms with Gasteiger partial charge in [0.15, 0.2) is 5.69 Å². The minimum absolute atomic E-state index is 0.00419. The molecule has 2 unspecified atom stereocenters. The molecule has 3 amide bonds. The lowest BCUT2D eigenvalue weighted by atomic mass is 10.0. The van der Waals surface area contributed by atoms with Gasteiger partial charge in [-0.05, 0) is 73.3 Å². The van der Waals surface area contributed by atoms with Crippen molar-refractivity contribution in [2.24, 2.45) is 5.73 Å². The summed E-state index contributed by atoms with van der Waals surface area (Å²) in [5.74, 6) is -1.22. The molecule has 1 aliphatic heterocycles. The minimum atomic E-state index is -1.08. The summed E-state index contributed by atoms with van der Waals surface area (Å²) in [6, 6.07) is 13.1. The van der Waals surface area contributed by atoms with Crippen molar-refractivity contribution in [2.75, 3.05) is 49.4 Å². The monoisotopic (exact) mass is 566 g/mol. The molecule has 0 aliphatic carbocycles. The number of anilines is 3. The Kier molecular flexibility index (Phi) is 9.22. The van der Waals surface area contributed by atoms with Gasteiger partial charge in [0.25, 0.3) is 11.8 Å². The van der Waals surface area contributed by atoms with Crippen LogP contribution in [0.4, 0.5) is 17.1 Å². The van der Waals surface area contributed by atoms with Gasteiger partial charge in [-0.15, -0.1) is 0 Å². The second-order valence-corrected chi connectivity index (χ2v) is 10.3. The van der Waals surface area contributed by atoms with E-state index in [-0.39, 0.29) is 22.4 Å². The molecule has 1 fully saturated rings. The normalized spacial score (nSPS) is 15.3. The van der Waals surface area contributed by atoms with Crippen LogP contribution < -0.4 is 31.3 Å². The van der Waals surface area contributed by atoms with Gasteiger partial charge in [-0.1, -0.05) is 12.1 Å². The zero-order valence-corrected chi connectivity index (χ0v) is 23.6. The minimum Gasteiger partial charge on any atom is -0.494 e. The van der Waals surface area contributed by atoms with Crippen LogP contribution in [0.25, 0.3) is 0 Å². The fourth-order valence-corrected chi connectivity index (χ4v) is 5.22. The number of ether oxygens (including phenoxy) is 2. The molecule has 0 saturated carbocycles. The van der Waals surface area contributed by atoms with E-state index in [1.165, 1.54) is 4.90 Å². The number of nitrogens with one attached hydrogen (secondary N) is 1. The van der Waals surface area contributed by atoms with Gasteiger partial charge in [-0.25, -0.2) is 0 Å². The molecule has 1 aromatic heterocycles. The van der Waals surface area contributed by atoms with Crippen LogP contribution in [0.2, 0.25) is 0 Å². The molecule has 0 radical (unpaired) electrons. The third kappa shape index (κ3) is 6.35. The molecule has 0 spiro atoms. The number of hydrogen-bond acceptors (Lipinski definition) is 9. The second-order valence-electron chi connectivity index (χ2n) is 9.51. The highest BCUT2D eigenvalue weighted by Crippen LogP contribution is 2.34. The predicted molar refractivity (Wildman–Crippen MR) is 155 cm³/mol. The molecule has 3 aromatic rings. The summed E-state index contributed by atoms with van der Waals surface area (Å²) in [5, 5.41) is 2.98. The Morgan fingerprint density at radius 3 is 2.35 bits per heavy atom. The summed E-state index contributed by atoms with van der Waals surface area (Å²) in [6.07, 6.45) is 1.68. The van der Waals surface area contributed by atoms with E-state index in [4.69, 9.17) is 20.9 Å². The molecule has 2 heterocycles. The maximum absolute atomic E-state index is 14.2. The van der Waals surface area contributed by atoms with Crippen molar-refractivity contribution in [3.05, 3.63) is 64.7 Å². The number of primary amides is 1. The number of benzene rings is 2. The average Bonchev–Trinajstić information content (AvgIpc) is 3.60. The highest BCUT2D eigenvalue weighted by atomic mass is 32.1. The van der Waals surface area contributed by atoms with E-state index in [9.17, 15) is 14.4 Å². The Morgan fingerprint density at radius 2 is 1.80 bits per heavy atom. The van der Waals surface area contributed by atoms with Crippen LogP contribution in [-0.2, 0) is 9.53 Å². The summed E-state index contributed by atoms with van der Waals surface area (Å²) < 4.78 is 15.3. The summed E-state index contributed by atoms with van der Waals surface area (Å²) in [5.41, 5.74) is 13.2. The zero-order valence-electron chi connectivity index (χ0n) is 22.8. The summed E-state index contributed by atoms with van der Waals surface area (Å²) >= 11 is 0.761. The molecule has 11 nitrogen and oxygen atoms in total. The Balaban J connectivity index is 1.81. The smallest absolute Gasteiger partial charge is 0.273 e. The number of nitrogens with two attached hydrogens (primary N) is 2. The number of hydrogen-bond donors (Lipinski definition) is 3. The van der Waals surface area contributed by atoms with Crippen molar-refractivity contribution >= 4 is 46.3 Å². The van der Waals surface area contributed by atoms with Gasteiger partial charge in [-0.2, -0.15) is 4.37 Å². The number of carbonyl (C=O) groups excluding carboxylic acids is 3. The lowest BCUT2D eigenvalue weighted by molar-refractivity contribution is -0.123. The van der Waals surface area contributed by atoms with Gasteiger partial charge >= 0.3 is 0 Å². The summed E-state index contributed by atoms with van der Waals surface area (Å²) in [7, 11) is 3.83. The second kappa shape index (κ2) is 12.8. The first-order valence-corrected chi connectivity index (χ1v) is 13.8. The van der Waals surface area contributed by atoms with Gasteiger partial charge in [0.2, 0.25) is 5.91 Å². The third-order valence-electron chi connectivity index (χ3n) is 6.56. The van der Waals surface area contributed by atoms with Crippen LogP contribution in [0.5, 0.6) is 5.75 Å². The van der Waals surface area contributed by atoms with Crippen molar-refractivity contribution in [3.63, 3.8) is 0 Å². The standard InChI is InChI=1S/C28H34N6O5S/c1-4-38-20-13-11-19(12-14-20)34(28(37)25-22(29)23(26(30)35)32-40-25)24(17-7-9-18(10-8-17)33(2)3)27(36)31-16-21-6-5-15-39-21/h7-14,21,24H,4-6,15-16,29H2,1-3H3,(H2,30,35)(H,31,36). The topological polar surface area (TPSA) is 153 Å². The first-order valence-electron chi connectivity index (χ1n) is 13.0. The van der Waals surface area contributed by atoms with E-state index in [1.54, 1.807) is 24.3 Å². The quantitative estimate of drug-likeness (QED) is 0.320. The Morgan fingerprint density at radius 1 is 1.12 bits per heavy atom. The number of carbonyl (C=O) groups is 3. The number of nitrogens with zero attached hydrogens (tertiary/aromatic N) is 3. The molecule has 1 aliphatic rings. The zero-order chi connectivity index (χ0) is 28.8. The maximum Gasteiger partial charge on any atom is 0.273 e. The lowest BCUT2D eigenvalue weighted by Gasteiger charge is -2.32. The average molecular weight is 567 g/mol. The van der Waals surface area contributed by atoms with Gasteiger partial charge in [0, 0.05) is 38.6 Å².